The molecule has 0 atom stereocenters. The summed E-state index contributed by atoms with van der Waals surface area (Å²) in [5, 5.41) is 8.95. The fraction of sp³-hybridized carbons (Fsp3) is 0.133. The molecule has 0 aliphatic heterocycles. The first-order chi connectivity index (χ1) is 10.4. The lowest BCUT2D eigenvalue weighted by Gasteiger charge is -2.09. The minimum Gasteiger partial charge on any atom is -0.461 e. The molecule has 0 bridgehead atoms. The van der Waals surface area contributed by atoms with E-state index >= 15 is 0 Å². The van der Waals surface area contributed by atoms with Crippen LogP contribution >= 0.6 is 23.2 Å². The quantitative estimate of drug-likeness (QED) is 0.659. The van der Waals surface area contributed by atoms with Crippen LogP contribution in [0.5, 0.6) is 0 Å². The SMILES string of the molecule is CCOC(=O)c1ccc(C(=N)c2ccc(Cl)c(Cl)c2)c(N)n1. The van der Waals surface area contributed by atoms with Gasteiger partial charge in [-0.25, -0.2) is 9.78 Å². The van der Waals surface area contributed by atoms with E-state index in [1.54, 1.807) is 31.2 Å². The number of carbonyl (C=O) groups is 1. The Bertz CT molecular complexity index is 748. The molecule has 0 unspecified atom stereocenters. The van der Waals surface area contributed by atoms with E-state index < -0.39 is 5.97 Å². The highest BCUT2D eigenvalue weighted by atomic mass is 35.5. The summed E-state index contributed by atoms with van der Waals surface area (Å²) in [6, 6.07) is 7.86. The van der Waals surface area contributed by atoms with E-state index in [0.29, 0.717) is 21.2 Å². The number of nitrogens with two attached hydrogens (primary N) is 1. The predicted molar refractivity (Wildman–Crippen MR) is 87.0 cm³/mol. The maximum Gasteiger partial charge on any atom is 0.356 e. The Balaban J connectivity index is 2.34. The van der Waals surface area contributed by atoms with Gasteiger partial charge >= 0.3 is 5.97 Å². The normalized spacial score (nSPS) is 10.3. The number of hydrogen-bond donors (Lipinski definition) is 2. The molecule has 22 heavy (non-hydrogen) atoms. The number of nitrogens with one attached hydrogen (secondary N) is 1. The number of halogens is 2. The summed E-state index contributed by atoms with van der Waals surface area (Å²) >= 11 is 11.8. The largest absolute Gasteiger partial charge is 0.461 e. The third-order valence-corrected chi connectivity index (χ3v) is 3.63. The van der Waals surface area contributed by atoms with Gasteiger partial charge in [-0.15, -0.1) is 0 Å². The fourth-order valence-corrected chi connectivity index (χ4v) is 2.11. The van der Waals surface area contributed by atoms with Crippen molar-refractivity contribution in [1.82, 2.24) is 4.98 Å². The predicted octanol–water partition coefficient (Wildman–Crippen LogP) is 3.56. The minimum absolute atomic E-state index is 0.0709. The molecule has 0 aliphatic carbocycles. The van der Waals surface area contributed by atoms with Gasteiger partial charge in [0.1, 0.15) is 5.82 Å². The van der Waals surface area contributed by atoms with Crippen LogP contribution in [0.25, 0.3) is 0 Å². The Hall–Kier alpha value is -2.11. The van der Waals surface area contributed by atoms with Gasteiger partial charge in [-0.1, -0.05) is 29.3 Å². The van der Waals surface area contributed by atoms with E-state index in [2.05, 4.69) is 4.98 Å². The molecule has 3 N–H and O–H groups in total. The van der Waals surface area contributed by atoms with Crippen molar-refractivity contribution < 1.29 is 9.53 Å². The number of pyridine rings is 1. The van der Waals surface area contributed by atoms with Gasteiger partial charge in [0.2, 0.25) is 0 Å². The second-order valence-corrected chi connectivity index (χ2v) is 5.17. The van der Waals surface area contributed by atoms with E-state index in [9.17, 15) is 4.79 Å². The van der Waals surface area contributed by atoms with Crippen LogP contribution in [-0.4, -0.2) is 23.3 Å². The fourth-order valence-electron chi connectivity index (χ4n) is 1.81. The Kier molecular flexibility index (Phi) is 5.00. The molecule has 0 spiro atoms. The summed E-state index contributed by atoms with van der Waals surface area (Å²) < 4.78 is 4.85. The van der Waals surface area contributed by atoms with Crippen LogP contribution < -0.4 is 5.73 Å². The van der Waals surface area contributed by atoms with Crippen LogP contribution in [0.4, 0.5) is 5.82 Å². The number of aromatic nitrogens is 1. The summed E-state index contributed by atoms with van der Waals surface area (Å²) in [6.45, 7) is 1.96. The summed E-state index contributed by atoms with van der Waals surface area (Å²) in [5.74, 6) is -0.483. The molecule has 2 aromatic rings. The molecule has 7 heteroatoms. The molecule has 0 fully saturated rings. The van der Waals surface area contributed by atoms with Crippen LogP contribution in [0.1, 0.15) is 28.5 Å². The van der Waals surface area contributed by atoms with Gasteiger partial charge in [0.25, 0.3) is 0 Å². The second kappa shape index (κ2) is 6.77. The van der Waals surface area contributed by atoms with Gasteiger partial charge in [0.15, 0.2) is 5.69 Å². The maximum absolute atomic E-state index is 11.6. The maximum atomic E-state index is 11.6. The van der Waals surface area contributed by atoms with Crippen molar-refractivity contribution in [1.29, 1.82) is 5.41 Å². The average Bonchev–Trinajstić information content (AvgIpc) is 2.49. The van der Waals surface area contributed by atoms with Gasteiger partial charge in [0, 0.05) is 11.1 Å². The highest BCUT2D eigenvalue weighted by Gasteiger charge is 2.15. The number of esters is 1. The van der Waals surface area contributed by atoms with E-state index in [4.69, 9.17) is 39.1 Å². The number of nitrogen functional groups attached to an aromatic ring is 1. The van der Waals surface area contributed by atoms with Gasteiger partial charge < -0.3 is 10.5 Å². The second-order valence-electron chi connectivity index (χ2n) is 4.35. The minimum atomic E-state index is -0.554. The molecule has 5 nitrogen and oxygen atoms in total. The first kappa shape index (κ1) is 16.3. The molecule has 1 aromatic carbocycles. The van der Waals surface area contributed by atoms with Crippen LogP contribution in [0.3, 0.4) is 0 Å². The molecule has 0 saturated heterocycles. The molecule has 2 rings (SSSR count). The standard InChI is InChI=1S/C15H13Cl2N3O2/c1-2-22-15(21)12-6-4-9(14(19)20-12)13(18)8-3-5-10(16)11(17)7-8/h3-7,18H,2H2,1H3,(H2,19,20). The Morgan fingerprint density at radius 3 is 2.59 bits per heavy atom. The third-order valence-electron chi connectivity index (χ3n) is 2.89. The number of carbonyl (C=O) groups excluding carboxylic acids is 1. The van der Waals surface area contributed by atoms with Crippen LogP contribution in [0.2, 0.25) is 10.0 Å². The smallest absolute Gasteiger partial charge is 0.356 e. The van der Waals surface area contributed by atoms with Gasteiger partial charge in [-0.3, -0.25) is 5.41 Å². The number of hydrogen-bond acceptors (Lipinski definition) is 5. The lowest BCUT2D eigenvalue weighted by atomic mass is 10.0. The van der Waals surface area contributed by atoms with Gasteiger partial charge in [-0.2, -0.15) is 0 Å². The molecule has 1 heterocycles. The van der Waals surface area contributed by atoms with Crippen molar-refractivity contribution in [3.05, 3.63) is 57.2 Å². The van der Waals surface area contributed by atoms with Gasteiger partial charge in [-0.05, 0) is 31.2 Å². The summed E-state index contributed by atoms with van der Waals surface area (Å²) in [6.07, 6.45) is 0. The lowest BCUT2D eigenvalue weighted by molar-refractivity contribution is 0.0519. The Morgan fingerprint density at radius 1 is 1.27 bits per heavy atom. The number of rotatable bonds is 4. The monoisotopic (exact) mass is 337 g/mol. The zero-order valence-electron chi connectivity index (χ0n) is 11.7. The Labute approximate surface area is 137 Å². The summed E-state index contributed by atoms with van der Waals surface area (Å²) in [4.78, 5) is 15.6. The molecule has 0 aliphatic rings. The van der Waals surface area contributed by atoms with Crippen LogP contribution in [0, 0.1) is 5.41 Å². The molecular weight excluding hydrogens is 325 g/mol. The summed E-state index contributed by atoms with van der Waals surface area (Å²) in [7, 11) is 0. The first-order valence-electron chi connectivity index (χ1n) is 6.42. The van der Waals surface area contributed by atoms with E-state index in [1.165, 1.54) is 6.07 Å². The molecule has 114 valence electrons. The van der Waals surface area contributed by atoms with Crippen molar-refractivity contribution in [2.24, 2.45) is 0 Å². The topological polar surface area (TPSA) is 89.1 Å². The highest BCUT2D eigenvalue weighted by Crippen LogP contribution is 2.25. The molecule has 0 saturated carbocycles. The molecule has 0 amide bonds. The highest BCUT2D eigenvalue weighted by molar-refractivity contribution is 6.42. The van der Waals surface area contributed by atoms with Crippen molar-refractivity contribution in [2.45, 2.75) is 6.92 Å². The number of benzene rings is 1. The molecule has 1 aromatic heterocycles. The summed E-state index contributed by atoms with van der Waals surface area (Å²) in [5.41, 5.74) is 7.03. The van der Waals surface area contributed by atoms with E-state index in [-0.39, 0.29) is 23.8 Å². The van der Waals surface area contributed by atoms with Crippen molar-refractivity contribution in [3.8, 4) is 0 Å². The Morgan fingerprint density at radius 2 is 2.00 bits per heavy atom. The van der Waals surface area contributed by atoms with Crippen LogP contribution in [0.15, 0.2) is 30.3 Å². The molecular formula is C15H13Cl2N3O2. The lowest BCUT2D eigenvalue weighted by Crippen LogP contribution is -2.12. The first-order valence-corrected chi connectivity index (χ1v) is 7.17. The zero-order valence-corrected chi connectivity index (χ0v) is 13.2. The zero-order chi connectivity index (χ0) is 16.3. The van der Waals surface area contributed by atoms with Crippen molar-refractivity contribution in [2.75, 3.05) is 12.3 Å². The van der Waals surface area contributed by atoms with Crippen molar-refractivity contribution >= 4 is 40.7 Å². The third kappa shape index (κ3) is 3.37. The van der Waals surface area contributed by atoms with E-state index in [0.717, 1.165) is 0 Å². The number of ether oxygens (including phenoxy) is 1. The van der Waals surface area contributed by atoms with Gasteiger partial charge in [0.05, 0.1) is 22.4 Å². The average molecular weight is 338 g/mol. The van der Waals surface area contributed by atoms with Crippen molar-refractivity contribution in [3.63, 3.8) is 0 Å². The number of anilines is 1. The van der Waals surface area contributed by atoms with Crippen LogP contribution in [-0.2, 0) is 4.74 Å². The van der Waals surface area contributed by atoms with E-state index in [1.807, 2.05) is 0 Å². The molecule has 0 radical (unpaired) electrons. The number of nitrogens with zero attached hydrogens (tertiary/aromatic N) is 1.